The molecule has 0 bridgehead atoms. The van der Waals surface area contributed by atoms with Gasteiger partial charge in [0.25, 0.3) is 0 Å². The maximum absolute atomic E-state index is 12.1. The summed E-state index contributed by atoms with van der Waals surface area (Å²) in [6, 6.07) is 0.185. The van der Waals surface area contributed by atoms with E-state index in [4.69, 9.17) is 0 Å². The Labute approximate surface area is 114 Å². The van der Waals surface area contributed by atoms with Gasteiger partial charge in [-0.05, 0) is 25.2 Å². The van der Waals surface area contributed by atoms with Crippen molar-refractivity contribution < 1.29 is 9.90 Å². The van der Waals surface area contributed by atoms with E-state index in [-0.39, 0.29) is 18.1 Å². The predicted molar refractivity (Wildman–Crippen MR) is 72.6 cm³/mol. The Morgan fingerprint density at radius 1 is 1.58 bits per heavy atom. The van der Waals surface area contributed by atoms with Crippen LogP contribution < -0.4 is 5.32 Å². The number of aromatic nitrogens is 2. The second-order valence-electron chi connectivity index (χ2n) is 5.29. The fourth-order valence-electron chi connectivity index (χ4n) is 2.72. The fraction of sp³-hybridized carbons (Fsp3) is 0.714. The largest absolute Gasteiger partial charge is 0.393 e. The molecular weight excluding hydrogens is 242 g/mol. The molecule has 106 valence electrons. The number of aryl methyl sites for hydroxylation is 1. The highest BCUT2D eigenvalue weighted by Gasteiger charge is 2.33. The Balaban J connectivity index is 1.86. The summed E-state index contributed by atoms with van der Waals surface area (Å²) in [6.07, 6.45) is 6.75. The van der Waals surface area contributed by atoms with Crippen molar-refractivity contribution in [2.75, 3.05) is 0 Å². The zero-order valence-corrected chi connectivity index (χ0v) is 11.7. The minimum atomic E-state index is -0.170. The molecule has 1 aliphatic rings. The smallest absolute Gasteiger partial charge is 0.240 e. The van der Waals surface area contributed by atoms with Crippen molar-refractivity contribution in [3.05, 3.63) is 18.2 Å². The predicted octanol–water partition coefficient (Wildman–Crippen LogP) is 1.11. The van der Waals surface area contributed by atoms with E-state index < -0.39 is 0 Å². The summed E-state index contributed by atoms with van der Waals surface area (Å²) in [6.45, 7) is 4.43. The summed E-state index contributed by atoms with van der Waals surface area (Å²) in [5.74, 6) is 1.39. The van der Waals surface area contributed by atoms with E-state index in [1.54, 1.807) is 6.20 Å². The molecule has 0 spiro atoms. The van der Waals surface area contributed by atoms with Crippen LogP contribution in [0.25, 0.3) is 0 Å². The maximum atomic E-state index is 12.1. The molecule has 0 saturated heterocycles. The molecule has 0 aliphatic heterocycles. The SMILES string of the molecule is CCc1nccn1CC(=O)NC(CC)C1CC(O)C1. The zero-order chi connectivity index (χ0) is 13.8. The highest BCUT2D eigenvalue weighted by atomic mass is 16.3. The molecule has 5 nitrogen and oxygen atoms in total. The third-order valence-electron chi connectivity index (χ3n) is 3.94. The van der Waals surface area contributed by atoms with E-state index in [0.717, 1.165) is 31.5 Å². The zero-order valence-electron chi connectivity index (χ0n) is 11.7. The lowest BCUT2D eigenvalue weighted by atomic mass is 9.76. The van der Waals surface area contributed by atoms with Gasteiger partial charge in [-0.25, -0.2) is 4.98 Å². The number of hydrogen-bond donors (Lipinski definition) is 2. The topological polar surface area (TPSA) is 67.2 Å². The number of nitrogens with one attached hydrogen (secondary N) is 1. The highest BCUT2D eigenvalue weighted by molar-refractivity contribution is 5.76. The van der Waals surface area contributed by atoms with Crippen LogP contribution >= 0.6 is 0 Å². The molecule has 1 atom stereocenters. The molecule has 19 heavy (non-hydrogen) atoms. The van der Waals surface area contributed by atoms with Crippen LogP contribution in [0.3, 0.4) is 0 Å². The van der Waals surface area contributed by atoms with E-state index in [9.17, 15) is 9.90 Å². The first-order valence-electron chi connectivity index (χ1n) is 7.11. The summed E-state index contributed by atoms with van der Waals surface area (Å²) in [5.41, 5.74) is 0. The van der Waals surface area contributed by atoms with Gasteiger partial charge in [0.05, 0.1) is 6.10 Å². The number of imidazole rings is 1. The first kappa shape index (κ1) is 14.1. The van der Waals surface area contributed by atoms with Gasteiger partial charge in [0, 0.05) is 24.9 Å². The van der Waals surface area contributed by atoms with Gasteiger partial charge in [0.1, 0.15) is 12.4 Å². The number of carbonyl (C=O) groups is 1. The molecule has 1 saturated carbocycles. The first-order valence-corrected chi connectivity index (χ1v) is 7.11. The average molecular weight is 265 g/mol. The normalized spacial score (nSPS) is 23.7. The number of rotatable bonds is 6. The van der Waals surface area contributed by atoms with Crippen LogP contribution in [-0.4, -0.2) is 32.7 Å². The van der Waals surface area contributed by atoms with E-state index in [1.807, 2.05) is 17.7 Å². The lowest BCUT2D eigenvalue weighted by molar-refractivity contribution is -0.123. The van der Waals surface area contributed by atoms with Crippen LogP contribution in [0, 0.1) is 5.92 Å². The van der Waals surface area contributed by atoms with E-state index >= 15 is 0 Å². The minimum Gasteiger partial charge on any atom is -0.393 e. The third-order valence-corrected chi connectivity index (χ3v) is 3.94. The number of aliphatic hydroxyl groups is 1. The number of amides is 1. The monoisotopic (exact) mass is 265 g/mol. The number of nitrogens with zero attached hydrogens (tertiary/aromatic N) is 2. The summed E-state index contributed by atoms with van der Waals surface area (Å²) in [4.78, 5) is 16.3. The second-order valence-corrected chi connectivity index (χ2v) is 5.29. The quantitative estimate of drug-likeness (QED) is 0.809. The van der Waals surface area contributed by atoms with Crippen LogP contribution in [0.4, 0.5) is 0 Å². The molecule has 1 fully saturated rings. The number of hydrogen-bond acceptors (Lipinski definition) is 3. The van der Waals surface area contributed by atoms with Gasteiger partial charge in [0.2, 0.25) is 5.91 Å². The van der Waals surface area contributed by atoms with E-state index in [2.05, 4.69) is 17.2 Å². The molecule has 1 aromatic heterocycles. The molecule has 2 rings (SSSR count). The van der Waals surface area contributed by atoms with Crippen LogP contribution in [0.5, 0.6) is 0 Å². The molecule has 2 N–H and O–H groups in total. The van der Waals surface area contributed by atoms with E-state index in [1.165, 1.54) is 0 Å². The van der Waals surface area contributed by atoms with Crippen LogP contribution in [0.15, 0.2) is 12.4 Å². The minimum absolute atomic E-state index is 0.0286. The molecule has 1 aromatic rings. The van der Waals surface area contributed by atoms with Gasteiger partial charge in [-0.2, -0.15) is 0 Å². The summed E-state index contributed by atoms with van der Waals surface area (Å²) in [7, 11) is 0. The molecule has 1 aliphatic carbocycles. The lowest BCUT2D eigenvalue weighted by Gasteiger charge is -2.37. The molecule has 0 aromatic carbocycles. The molecule has 1 heterocycles. The Morgan fingerprint density at radius 2 is 2.32 bits per heavy atom. The Morgan fingerprint density at radius 3 is 2.89 bits per heavy atom. The summed E-state index contributed by atoms with van der Waals surface area (Å²) >= 11 is 0. The standard InChI is InChI=1S/C14H23N3O2/c1-3-12(10-7-11(18)8-10)16-14(19)9-17-6-5-15-13(17)4-2/h5-6,10-12,18H,3-4,7-9H2,1-2H3,(H,16,19). The first-order chi connectivity index (χ1) is 9.13. The van der Waals surface area contributed by atoms with Crippen LogP contribution in [0.1, 0.15) is 38.9 Å². The molecule has 1 amide bonds. The van der Waals surface area contributed by atoms with Crippen LogP contribution in [0.2, 0.25) is 0 Å². The van der Waals surface area contributed by atoms with Crippen molar-refractivity contribution in [2.45, 2.75) is 58.2 Å². The maximum Gasteiger partial charge on any atom is 0.240 e. The van der Waals surface area contributed by atoms with Crippen molar-refractivity contribution >= 4 is 5.91 Å². The average Bonchev–Trinajstić information content (AvgIpc) is 2.79. The number of aliphatic hydroxyl groups excluding tert-OH is 1. The lowest BCUT2D eigenvalue weighted by Crippen LogP contribution is -2.47. The van der Waals surface area contributed by atoms with Gasteiger partial charge in [0.15, 0.2) is 0 Å². The summed E-state index contributed by atoms with van der Waals surface area (Å²) in [5, 5.41) is 12.4. The Kier molecular flexibility index (Phi) is 4.58. The molecule has 5 heteroatoms. The van der Waals surface area contributed by atoms with Crippen molar-refractivity contribution in [1.82, 2.24) is 14.9 Å². The van der Waals surface area contributed by atoms with Crippen molar-refractivity contribution in [2.24, 2.45) is 5.92 Å². The van der Waals surface area contributed by atoms with E-state index in [0.29, 0.717) is 12.5 Å². The second kappa shape index (κ2) is 6.19. The third kappa shape index (κ3) is 3.35. The molecule has 1 unspecified atom stereocenters. The summed E-state index contributed by atoms with van der Waals surface area (Å²) < 4.78 is 1.89. The van der Waals surface area contributed by atoms with Crippen LogP contribution in [-0.2, 0) is 17.8 Å². The van der Waals surface area contributed by atoms with Crippen molar-refractivity contribution in [3.63, 3.8) is 0 Å². The Hall–Kier alpha value is -1.36. The van der Waals surface area contributed by atoms with Gasteiger partial charge in [-0.1, -0.05) is 13.8 Å². The molecular formula is C14H23N3O2. The number of carbonyl (C=O) groups excluding carboxylic acids is 1. The van der Waals surface area contributed by atoms with Gasteiger partial charge in [-0.15, -0.1) is 0 Å². The van der Waals surface area contributed by atoms with Gasteiger partial charge >= 0.3 is 0 Å². The fourth-order valence-corrected chi connectivity index (χ4v) is 2.72. The molecule has 0 radical (unpaired) electrons. The Bertz CT molecular complexity index is 424. The van der Waals surface area contributed by atoms with Crippen molar-refractivity contribution in [1.29, 1.82) is 0 Å². The van der Waals surface area contributed by atoms with Crippen molar-refractivity contribution in [3.8, 4) is 0 Å². The van der Waals surface area contributed by atoms with Gasteiger partial charge in [-0.3, -0.25) is 4.79 Å². The highest BCUT2D eigenvalue weighted by Crippen LogP contribution is 2.31. The van der Waals surface area contributed by atoms with Gasteiger partial charge < -0.3 is 15.0 Å².